The van der Waals surface area contributed by atoms with E-state index >= 15 is 0 Å². The predicted molar refractivity (Wildman–Crippen MR) is 354 cm³/mol. The van der Waals surface area contributed by atoms with Crippen LogP contribution in [-0.4, -0.2) is 173 Å². The van der Waals surface area contributed by atoms with Crippen LogP contribution < -0.4 is 55.3 Å². The number of aliphatic hydroxyl groups excluding tert-OH is 3. The zero-order valence-electron chi connectivity index (χ0n) is 55.6. The molecule has 0 aromatic heterocycles. The van der Waals surface area contributed by atoms with Crippen LogP contribution in [0.2, 0.25) is 0 Å². The third kappa shape index (κ3) is 30.4. The van der Waals surface area contributed by atoms with Crippen molar-refractivity contribution >= 4 is 26.2 Å². The number of amides is 2. The Morgan fingerprint density at radius 3 is 1.18 bits per heavy atom. The molecule has 91 heavy (non-hydrogen) atoms. The number of carbonyl (C=O) groups excluding carboxylic acids is 2. The molecule has 6 rings (SSSR count). The molecule has 10 N–H and O–H groups in total. The molecule has 6 aromatic rings. The van der Waals surface area contributed by atoms with Crippen LogP contribution in [0.15, 0.2) is 127 Å². The number of nitrogens with one attached hydrogen (secondary N) is 2. The maximum absolute atomic E-state index is 12.8. The number of aryl methyl sites for hydroxylation is 5. The quantitative estimate of drug-likeness (QED) is 0.0190. The smallest absolute Gasteiger partial charge is 0.341 e. The number of ether oxygens (including phenoxy) is 7. The Hall–Kier alpha value is -6.83. The number of aliphatic carboxylic acids is 1. The van der Waals surface area contributed by atoms with Crippen LogP contribution in [0.5, 0.6) is 40.2 Å². The Balaban J connectivity index is 0.000000640. The first kappa shape index (κ1) is 78.4. The number of carboxylic acid groups (broad SMARTS) is 1. The van der Waals surface area contributed by atoms with E-state index in [1.54, 1.807) is 83.0 Å². The van der Waals surface area contributed by atoms with Crippen molar-refractivity contribution in [3.05, 3.63) is 172 Å². The van der Waals surface area contributed by atoms with Crippen molar-refractivity contribution in [1.29, 1.82) is 1.34 Å². The van der Waals surface area contributed by atoms with Crippen molar-refractivity contribution in [2.24, 2.45) is 23.3 Å². The van der Waals surface area contributed by atoms with E-state index in [-0.39, 0.29) is 62.1 Å². The van der Waals surface area contributed by atoms with Gasteiger partial charge in [-0.05, 0) is 206 Å². The molecule has 2 radical (unpaired) electrons. The summed E-state index contributed by atoms with van der Waals surface area (Å²) in [6, 6.07) is 38.8. The Labute approximate surface area is 565 Å². The Morgan fingerprint density at radius 1 is 0.495 bits per heavy atom. The molecule has 0 fully saturated rings. The number of nitrogens with zero attached hydrogens (tertiary/aromatic N) is 2. The predicted octanol–water partition coefficient (Wildman–Crippen LogP) is 6.79. The Kier molecular flexibility index (Phi) is 37.8. The van der Waals surface area contributed by atoms with Crippen LogP contribution in [0.4, 0.5) is 0 Å². The number of hydrogen-bond donors (Lipinski definition) is 8. The van der Waals surface area contributed by atoms with Gasteiger partial charge in [0.25, 0.3) is 11.8 Å². The largest absolute Gasteiger partial charge is 0.493 e. The van der Waals surface area contributed by atoms with Crippen molar-refractivity contribution in [1.82, 2.24) is 20.4 Å². The van der Waals surface area contributed by atoms with Gasteiger partial charge in [0, 0.05) is 71.6 Å². The van der Waals surface area contributed by atoms with Crippen molar-refractivity contribution in [2.75, 3.05) is 116 Å². The molecule has 0 spiro atoms. The molecule has 494 valence electrons. The van der Waals surface area contributed by atoms with E-state index in [0.29, 0.717) is 122 Å². The minimum atomic E-state index is -1.04. The minimum Gasteiger partial charge on any atom is -0.493 e. The molecule has 0 aliphatic carbocycles. The van der Waals surface area contributed by atoms with Gasteiger partial charge in [-0.1, -0.05) is 66.7 Å². The molecule has 0 aliphatic rings. The number of aliphatic hydroxyl groups is 3. The molecule has 22 heteroatoms. The average Bonchev–Trinajstić information content (AvgIpc) is 3.31. The average molecular weight is 1490 g/mol. The van der Waals surface area contributed by atoms with Crippen LogP contribution in [0.25, 0.3) is 0 Å². The van der Waals surface area contributed by atoms with Gasteiger partial charge in [0.2, 0.25) is 0 Å². The summed E-state index contributed by atoms with van der Waals surface area (Å²) in [5.74, 6) is 2.77. The van der Waals surface area contributed by atoms with E-state index in [0.717, 1.165) is 29.7 Å². The number of carboxylic acids is 1. The Bertz CT molecular complexity index is 3090. The van der Waals surface area contributed by atoms with E-state index in [2.05, 4.69) is 56.0 Å². The zero-order valence-corrected chi connectivity index (χ0v) is 58.8. The molecule has 0 aliphatic heterocycles. The molecule has 0 bridgehead atoms. The third-order valence-corrected chi connectivity index (χ3v) is 14.5. The monoisotopic (exact) mass is 1480 g/mol. The number of carbonyl (C=O) groups is 3. The van der Waals surface area contributed by atoms with Gasteiger partial charge in [-0.2, -0.15) is 0 Å². The van der Waals surface area contributed by atoms with Crippen molar-refractivity contribution in [2.45, 2.75) is 70.7 Å². The topological polar surface area (TPSA) is 279 Å². The van der Waals surface area contributed by atoms with E-state index in [1.807, 2.05) is 87.7 Å². The maximum Gasteiger partial charge on any atom is 0.341 e. The normalized spacial score (nSPS) is 12.1. The number of hydrogen-bond acceptors (Lipinski definition) is 17. The number of nitrogens with two attached hydrogens (primary N) is 2. The van der Waals surface area contributed by atoms with Crippen LogP contribution in [0, 0.1) is 56.8 Å². The van der Waals surface area contributed by atoms with E-state index in [1.165, 1.54) is 16.7 Å². The summed E-state index contributed by atoms with van der Waals surface area (Å²) in [6.45, 7) is 7.06. The standard InChI is InChI=1S/C44H57N3O8.C19H22O6.C6H17N3.BH.U/c1-30-13-14-32(21-31(30)2)15-18-39(48)35-9-7-11-37(23-35)54-28-43(50)45-25-34(27-47(3)4)26-46-44(51)29-55-38-12-8-10-36(24-38)40(49)19-16-33-17-20-41(52-5)42(22-33)53-6;1-23-17-9-7-13(10-18(17)24-2)6-8-16(20)14-4-3-5-15(11-14)25-12-19(21)22;1-9(2)5-6(3-7)4-8;;/h7-14,17,20-24,34,39-40,48-49H,15-16,18-19,25-29H2,1-6H3,(H,45,50)(H,46,51);3-5,7,9-11,16,20H,6,8,12H2,1-2H3,(H,21,22);6H,3-5,7-8H2,1-2H3;1H;/t34?,39-,40-;16-;;;/m11.../s1/i;;;1T;. The number of methoxy groups -OCH3 is 4. The molecule has 4 atom stereocenters. The molecule has 20 nitrogen and oxygen atoms in total. The zero-order chi connectivity index (χ0) is 67.3. The van der Waals surface area contributed by atoms with Gasteiger partial charge in [0.05, 0.1) is 46.8 Å². The van der Waals surface area contributed by atoms with Crippen molar-refractivity contribution in [3.8, 4) is 40.2 Å². The van der Waals surface area contributed by atoms with Crippen LogP contribution in [0.3, 0.4) is 0 Å². The molecule has 6 aromatic carbocycles. The number of benzene rings is 6. The first-order chi connectivity index (χ1) is 43.7. The molecular formula is C69H97BN6O14U. The van der Waals surface area contributed by atoms with Crippen LogP contribution >= 0.6 is 0 Å². The van der Waals surface area contributed by atoms with E-state index in [4.69, 9.17) is 51.1 Å². The fourth-order valence-corrected chi connectivity index (χ4v) is 9.42. The van der Waals surface area contributed by atoms with Gasteiger partial charge in [-0.25, -0.2) is 4.79 Å². The van der Waals surface area contributed by atoms with Gasteiger partial charge in [0.15, 0.2) is 42.8 Å². The van der Waals surface area contributed by atoms with E-state index in [9.17, 15) is 29.7 Å². The second kappa shape index (κ2) is 43.8. The third-order valence-electron chi connectivity index (χ3n) is 14.5. The first-order valence-corrected chi connectivity index (χ1v) is 29.8. The summed E-state index contributed by atoms with van der Waals surface area (Å²) in [5.41, 5.74) is 18.7. The summed E-state index contributed by atoms with van der Waals surface area (Å²) in [4.78, 5) is 40.1. The molecule has 0 heterocycles. The Morgan fingerprint density at radius 2 is 0.846 bits per heavy atom. The summed E-state index contributed by atoms with van der Waals surface area (Å²) in [6.07, 6.45) is 1.55. The fraction of sp³-hybridized carbons (Fsp3) is 0.435. The minimum absolute atomic E-state index is 0. The van der Waals surface area contributed by atoms with Gasteiger partial charge in [0.1, 0.15) is 17.2 Å². The molecule has 1 unspecified atom stereocenters. The SMILES string of the molecule is CN(C)CC(CN)CN.COc1ccc(CC[C@@H](O)c2cccc(OCC(=O)NCC(CNC(=O)COc3cccc([C@H](O)CCc4ccc(C)c(C)c4)c3)CN(C)C)c2)cc1OC.COc1ccc(CC[C@@H](O)c2cccc(OCC(=O)O)c2)cc1OC.[3H][B].[U]. The summed E-state index contributed by atoms with van der Waals surface area (Å²) in [7, 11) is 18.0. The first-order valence-electron chi connectivity index (χ1n) is 30.4. The molecule has 0 saturated carbocycles. The van der Waals surface area contributed by atoms with E-state index < -0.39 is 30.9 Å². The summed E-state index contributed by atoms with van der Waals surface area (Å²) < 4.78 is 43.1. The molecule has 2 amide bonds. The number of rotatable bonds is 35. The molecular weight excluding hydrogens is 1390 g/mol. The van der Waals surface area contributed by atoms with Crippen molar-refractivity contribution < 1.29 is 99.1 Å². The second-order valence-corrected chi connectivity index (χ2v) is 22.3. The van der Waals surface area contributed by atoms with Crippen LogP contribution in [0.1, 0.15) is 82.1 Å². The van der Waals surface area contributed by atoms with Crippen LogP contribution in [-0.2, 0) is 33.6 Å². The van der Waals surface area contributed by atoms with Gasteiger partial charge < -0.3 is 85.5 Å². The van der Waals surface area contributed by atoms with Gasteiger partial charge in [-0.3, -0.25) is 9.59 Å². The maximum atomic E-state index is 12.8. The fourth-order valence-electron chi connectivity index (χ4n) is 9.42. The van der Waals surface area contributed by atoms with Gasteiger partial charge >= 0.3 is 5.97 Å². The van der Waals surface area contributed by atoms with Crippen molar-refractivity contribution in [3.63, 3.8) is 0 Å². The molecule has 0 saturated heterocycles. The van der Waals surface area contributed by atoms with Gasteiger partial charge in [-0.15, -0.1) is 0 Å². The second-order valence-electron chi connectivity index (χ2n) is 22.3. The summed E-state index contributed by atoms with van der Waals surface area (Å²) in [5, 5.41) is 46.5. The summed E-state index contributed by atoms with van der Waals surface area (Å²) >= 11 is 0.